The lowest BCUT2D eigenvalue weighted by atomic mass is 12.0. The minimum Gasteiger partial charge on any atom is -0.412 e. The van der Waals surface area contributed by atoms with Crippen LogP contribution in [0.25, 0.3) is 0 Å². The van der Waals surface area contributed by atoms with E-state index in [1.807, 2.05) is 0 Å². The Balaban J connectivity index is -0.00000000200. The van der Waals surface area contributed by atoms with Crippen molar-refractivity contribution >= 4 is 23.9 Å². The number of rotatable bonds is 0. The molecule has 15 N–H and O–H groups in total. The highest BCUT2D eigenvalue weighted by atomic mass is 32.3. The fraction of sp³-hybridized carbons (Fsp3) is 1.00. The smallest absolute Gasteiger partial charge is 0.394 e. The Kier molecular flexibility index (Phi) is 1050. The normalized spacial score (nSPS) is 3.76. The molecule has 0 aromatic carbocycles. The lowest BCUT2D eigenvalue weighted by molar-refractivity contribution is -0.176. The van der Waals surface area contributed by atoms with Crippen molar-refractivity contribution in [2.45, 2.75) is 29.7 Å². The molecule has 0 aromatic heterocycles. The molecule has 0 atom stereocenters. The largest absolute Gasteiger partial charge is 0.412 e. The van der Waals surface area contributed by atoms with Crippen molar-refractivity contribution in [1.29, 1.82) is 0 Å². The third-order valence-electron chi connectivity index (χ3n) is 0. The molecule has 11 nitrogen and oxygen atoms in total. The lowest BCUT2D eigenvalue weighted by Crippen LogP contribution is -1.89. The molecule has 0 saturated heterocycles. The van der Waals surface area contributed by atoms with E-state index in [1.165, 1.54) is 0 Å². The van der Waals surface area contributed by atoms with E-state index in [-0.39, 0.29) is 71.3 Å². The summed E-state index contributed by atoms with van der Waals surface area (Å²) in [7, 11) is -4.67. The molecule has 0 bridgehead atoms. The van der Waals surface area contributed by atoms with Gasteiger partial charge in [-0.05, 0) is 0 Å². The summed E-state index contributed by atoms with van der Waals surface area (Å²) in [4.78, 5) is 0. The van der Waals surface area contributed by atoms with Crippen LogP contribution in [-0.2, 0) is 10.4 Å². The maximum atomic E-state index is 8.74. The molecule has 0 aromatic rings. The van der Waals surface area contributed by atoms with Crippen LogP contribution in [0.15, 0.2) is 0 Å². The van der Waals surface area contributed by atoms with Crippen molar-refractivity contribution < 1.29 is 49.9 Å². The van der Waals surface area contributed by atoms with Crippen LogP contribution in [0.4, 0.5) is 0 Å². The van der Waals surface area contributed by atoms with E-state index in [9.17, 15) is 0 Å². The summed E-state index contributed by atoms with van der Waals surface area (Å²) < 4.78 is 31.6. The second-order valence-corrected chi connectivity index (χ2v) is 1.34. The van der Waals surface area contributed by atoms with Crippen molar-refractivity contribution in [1.82, 2.24) is 6.15 Å². The summed E-state index contributed by atoms with van der Waals surface area (Å²) in [6, 6.07) is 0. The van der Waals surface area contributed by atoms with Crippen molar-refractivity contribution in [3.05, 3.63) is 0 Å². The molecular formula is C4H33NO10S2. The highest BCUT2D eigenvalue weighted by Gasteiger charge is 1.84. The Bertz CT molecular complexity index is 109. The van der Waals surface area contributed by atoms with Crippen LogP contribution in [0.5, 0.6) is 0 Å². The molecule has 0 fully saturated rings. The fourth-order valence-electron chi connectivity index (χ4n) is 0. The molecule has 0 spiro atoms. The molecule has 0 heterocycles. The van der Waals surface area contributed by atoms with E-state index in [2.05, 4.69) is 0 Å². The maximum absolute atomic E-state index is 8.74. The third-order valence-corrected chi connectivity index (χ3v) is 0. The van der Waals surface area contributed by atoms with Gasteiger partial charge in [0.1, 0.15) is 0 Å². The van der Waals surface area contributed by atoms with Crippen molar-refractivity contribution in [2.75, 3.05) is 0 Å². The predicted octanol–water partition coefficient (Wildman–Crippen LogP) is -1.11. The first-order chi connectivity index (χ1) is 3.00. The highest BCUT2D eigenvalue weighted by molar-refractivity contribution is 7.79. The van der Waals surface area contributed by atoms with Crippen LogP contribution in [0.3, 0.4) is 0 Å². The quantitative estimate of drug-likeness (QED) is 0.208. The molecule has 0 aliphatic carbocycles. The number of hydrogen-bond acceptors (Lipinski definition) is 5. The third kappa shape index (κ3) is 860000. The van der Waals surface area contributed by atoms with Crippen LogP contribution < -0.4 is 6.15 Å². The zero-order valence-electron chi connectivity index (χ0n) is 6.22. The molecule has 0 amide bonds. The van der Waals surface area contributed by atoms with E-state index in [1.54, 1.807) is 0 Å². The molecule has 0 radical (unpaired) electrons. The van der Waals surface area contributed by atoms with E-state index in [0.29, 0.717) is 0 Å². The van der Waals surface area contributed by atoms with Gasteiger partial charge in [-0.2, -0.15) is 21.9 Å². The maximum Gasteiger partial charge on any atom is 0.394 e. The van der Waals surface area contributed by atoms with Crippen molar-refractivity contribution in [3.63, 3.8) is 0 Å². The second kappa shape index (κ2) is 101. The van der Waals surface area contributed by atoms with Gasteiger partial charge in [-0.3, -0.25) is 19.6 Å². The van der Waals surface area contributed by atoms with E-state index < -0.39 is 10.4 Å². The molecule has 0 rings (SSSR count). The van der Waals surface area contributed by atoms with Crippen LogP contribution in [0.1, 0.15) is 29.7 Å². The standard InChI is InChI=1S/4CH4.H3N.H2O4S.H2O2.4H2O.H2S/c;;;;;1-5(2,3)4;1-2;;;;;/h4*1H4;1H3;(H2,1,2,3,4);1-2H;5*1H2. The first kappa shape index (κ1) is 176. The second-order valence-electron chi connectivity index (χ2n) is 0.448. The molecule has 0 aliphatic rings. The average molecular weight is 319 g/mol. The van der Waals surface area contributed by atoms with Gasteiger partial charge < -0.3 is 28.1 Å². The van der Waals surface area contributed by atoms with Gasteiger partial charge in [0, 0.05) is 0 Å². The Labute approximate surface area is 110 Å². The van der Waals surface area contributed by atoms with Gasteiger partial charge in [0.2, 0.25) is 0 Å². The highest BCUT2D eigenvalue weighted by Crippen LogP contribution is 1.59. The van der Waals surface area contributed by atoms with Crippen LogP contribution >= 0.6 is 13.5 Å². The topological polar surface area (TPSA) is 276 Å². The summed E-state index contributed by atoms with van der Waals surface area (Å²) in [5.41, 5.74) is 0. The van der Waals surface area contributed by atoms with Crippen molar-refractivity contribution in [3.8, 4) is 0 Å². The van der Waals surface area contributed by atoms with Gasteiger partial charge >= 0.3 is 10.4 Å². The molecule has 0 unspecified atom stereocenters. The van der Waals surface area contributed by atoms with Gasteiger partial charge in [0.05, 0.1) is 0 Å². The van der Waals surface area contributed by atoms with Crippen molar-refractivity contribution in [2.24, 2.45) is 0 Å². The molecule has 0 saturated carbocycles. The van der Waals surface area contributed by atoms with Crippen LogP contribution in [-0.4, -0.2) is 49.9 Å². The zero-order valence-corrected chi connectivity index (χ0v) is 8.04. The van der Waals surface area contributed by atoms with E-state index in [4.69, 9.17) is 28.0 Å². The lowest BCUT2D eigenvalue weighted by Gasteiger charge is -1.68. The predicted molar refractivity (Wildman–Crippen MR) is 76.2 cm³/mol. The van der Waals surface area contributed by atoms with Gasteiger partial charge in [-0.25, -0.2) is 0 Å². The minimum absolute atomic E-state index is 0. The summed E-state index contributed by atoms with van der Waals surface area (Å²) in [6.45, 7) is 0. The summed E-state index contributed by atoms with van der Waals surface area (Å²) in [6.07, 6.45) is 0. The Morgan fingerprint density at radius 1 is 0.647 bits per heavy atom. The van der Waals surface area contributed by atoms with Gasteiger partial charge in [0.15, 0.2) is 0 Å². The van der Waals surface area contributed by atoms with Gasteiger partial charge in [-0.15, -0.1) is 0 Å². The molecule has 0 aliphatic heterocycles. The fourth-order valence-corrected chi connectivity index (χ4v) is 0. The van der Waals surface area contributed by atoms with E-state index >= 15 is 0 Å². The Morgan fingerprint density at radius 3 is 0.647 bits per heavy atom. The zero-order chi connectivity index (χ0) is 6.50. The van der Waals surface area contributed by atoms with Gasteiger partial charge in [-0.1, -0.05) is 29.7 Å². The van der Waals surface area contributed by atoms with E-state index in [0.717, 1.165) is 0 Å². The van der Waals surface area contributed by atoms with Gasteiger partial charge in [0.25, 0.3) is 0 Å². The van der Waals surface area contributed by atoms with Crippen LogP contribution in [0, 0.1) is 0 Å². The molecule has 126 valence electrons. The summed E-state index contributed by atoms with van der Waals surface area (Å²) in [5, 5.41) is 12.0. The molecular weight excluding hydrogens is 286 g/mol. The summed E-state index contributed by atoms with van der Waals surface area (Å²) >= 11 is 0. The summed E-state index contributed by atoms with van der Waals surface area (Å²) in [5.74, 6) is 0. The SMILES string of the molecule is C.C.C.C.N.O.O.O.O.O=S(=O)(O)O.OO.S. The first-order valence-electron chi connectivity index (χ1n) is 0.898. The first-order valence-corrected chi connectivity index (χ1v) is 2.30. The Morgan fingerprint density at radius 2 is 0.647 bits per heavy atom. The molecule has 17 heavy (non-hydrogen) atoms. The number of hydrogen-bond donors (Lipinski definition) is 5. The monoisotopic (exact) mass is 319 g/mol. The molecule has 13 heteroatoms. The minimum atomic E-state index is -4.67. The average Bonchev–Trinajstić information content (AvgIpc) is 1.36. The Hall–Kier alpha value is -0.0600. The van der Waals surface area contributed by atoms with Crippen LogP contribution in [0.2, 0.25) is 0 Å².